The Bertz CT molecular complexity index is 1780. The number of halogens is 5. The summed E-state index contributed by atoms with van der Waals surface area (Å²) in [6, 6.07) is 13.4. The van der Waals surface area contributed by atoms with Gasteiger partial charge < -0.3 is 19.1 Å². The van der Waals surface area contributed by atoms with Crippen LogP contribution in [0.25, 0.3) is 22.5 Å². The van der Waals surface area contributed by atoms with E-state index in [1.165, 1.54) is 6.92 Å². The van der Waals surface area contributed by atoms with E-state index in [2.05, 4.69) is 25.2 Å². The number of carboxylic acid groups (broad SMARTS) is 1. The molecule has 0 spiro atoms. The van der Waals surface area contributed by atoms with Crippen LogP contribution in [0.3, 0.4) is 0 Å². The van der Waals surface area contributed by atoms with Crippen molar-refractivity contribution >= 4 is 12.1 Å². The van der Waals surface area contributed by atoms with Gasteiger partial charge in [-0.1, -0.05) is 55.5 Å². The molecule has 2 heterocycles. The van der Waals surface area contributed by atoms with E-state index in [9.17, 15) is 36.6 Å². The normalized spacial score (nSPS) is 12.7. The molecule has 0 bridgehead atoms. The number of ether oxygens (including phenoxy) is 2. The number of carbonyl (C=O) groups excluding carboxylic acids is 1. The predicted molar refractivity (Wildman–Crippen MR) is 163 cm³/mol. The van der Waals surface area contributed by atoms with E-state index in [1.807, 2.05) is 0 Å². The van der Waals surface area contributed by atoms with Gasteiger partial charge in [-0.2, -0.15) is 22.0 Å². The van der Waals surface area contributed by atoms with Gasteiger partial charge >= 0.3 is 24.2 Å². The number of rotatable bonds is 17. The number of benzene rings is 2. The van der Waals surface area contributed by atoms with Gasteiger partial charge in [0.15, 0.2) is 11.4 Å². The largest absolute Gasteiger partial charge is 0.510 e. The Balaban J connectivity index is 1.47. The Morgan fingerprint density at radius 2 is 1.63 bits per heavy atom. The highest BCUT2D eigenvalue weighted by molar-refractivity contribution is 5.87. The zero-order valence-electron chi connectivity index (χ0n) is 27.3. The molecule has 20 heteroatoms. The molecule has 276 valence electrons. The first-order chi connectivity index (χ1) is 24.1. The van der Waals surface area contributed by atoms with Crippen LogP contribution in [0.5, 0.6) is 0 Å². The van der Waals surface area contributed by atoms with Crippen molar-refractivity contribution in [1.82, 2.24) is 35.1 Å². The maximum Gasteiger partial charge on any atom is 0.510 e. The molecule has 1 unspecified atom stereocenters. The summed E-state index contributed by atoms with van der Waals surface area (Å²) >= 11 is 0. The number of unbranched alkanes of at least 4 members (excludes halogenated alkanes) is 2. The van der Waals surface area contributed by atoms with Gasteiger partial charge in [0.1, 0.15) is 5.82 Å². The number of hydrogen-bond donors (Lipinski definition) is 3. The van der Waals surface area contributed by atoms with Gasteiger partial charge in [-0.15, -0.1) is 15.0 Å². The Hall–Kier alpha value is -5.05. The average Bonchev–Trinajstić information content (AvgIpc) is 3.70. The van der Waals surface area contributed by atoms with E-state index in [4.69, 9.17) is 19.9 Å². The molecule has 0 aliphatic carbocycles. The predicted octanol–water partition coefficient (Wildman–Crippen LogP) is 6.41. The van der Waals surface area contributed by atoms with Crippen molar-refractivity contribution in [3.63, 3.8) is 0 Å². The Kier molecular flexibility index (Phi) is 12.7. The smallest absolute Gasteiger partial charge is 0.477 e. The summed E-state index contributed by atoms with van der Waals surface area (Å²) in [5.41, 5.74) is -0.874. The van der Waals surface area contributed by atoms with Crippen molar-refractivity contribution in [2.24, 2.45) is 0 Å². The van der Waals surface area contributed by atoms with E-state index >= 15 is 0 Å². The summed E-state index contributed by atoms with van der Waals surface area (Å²) in [7, 11) is 0. The number of carboxylic acids is 1. The second kappa shape index (κ2) is 16.8. The SMILES string of the molecule is CCCc1nc(C(F)(F)C(F)(F)F)c(C(=O)O)n1Cc1ccc(-c2ccccc2-c2nnn(C(C)OC(=O)OCCCCCON(O)O)n2)cc1. The van der Waals surface area contributed by atoms with E-state index < -0.39 is 41.8 Å². The molecular formula is C31H34F5N7O8. The van der Waals surface area contributed by atoms with Crippen molar-refractivity contribution in [3.8, 4) is 22.5 Å². The van der Waals surface area contributed by atoms with Crippen LogP contribution in [0.4, 0.5) is 26.7 Å². The van der Waals surface area contributed by atoms with E-state index in [0.29, 0.717) is 47.9 Å². The highest BCUT2D eigenvalue weighted by Gasteiger charge is 2.62. The van der Waals surface area contributed by atoms with Crippen LogP contribution in [0.2, 0.25) is 0 Å². The molecule has 1 atom stereocenters. The fourth-order valence-corrected chi connectivity index (χ4v) is 4.95. The maximum atomic E-state index is 14.4. The van der Waals surface area contributed by atoms with Crippen LogP contribution in [-0.4, -0.2) is 82.2 Å². The fourth-order valence-electron chi connectivity index (χ4n) is 4.95. The number of nitrogens with zero attached hydrogens (tertiary/aromatic N) is 7. The molecule has 2 aromatic heterocycles. The van der Waals surface area contributed by atoms with Crippen molar-refractivity contribution in [2.45, 2.75) is 70.8 Å². The number of carbonyl (C=O) groups is 2. The second-order valence-electron chi connectivity index (χ2n) is 11.1. The zero-order chi connectivity index (χ0) is 37.3. The van der Waals surface area contributed by atoms with E-state index in [-0.39, 0.29) is 43.2 Å². The summed E-state index contributed by atoms with van der Waals surface area (Å²) in [5, 5.41) is 38.6. The first-order valence-electron chi connectivity index (χ1n) is 15.5. The highest BCUT2D eigenvalue weighted by atomic mass is 19.4. The Labute approximate surface area is 286 Å². The number of alkyl halides is 5. The van der Waals surface area contributed by atoms with Crippen molar-refractivity contribution < 1.29 is 61.4 Å². The summed E-state index contributed by atoms with van der Waals surface area (Å²) in [6.07, 6.45) is -6.18. The van der Waals surface area contributed by atoms with Gasteiger partial charge in [-0.3, -0.25) is 15.3 Å². The lowest BCUT2D eigenvalue weighted by Crippen LogP contribution is -2.35. The average molecular weight is 728 g/mol. The van der Waals surface area contributed by atoms with Gasteiger partial charge in [-0.05, 0) is 54.5 Å². The lowest BCUT2D eigenvalue weighted by atomic mass is 9.98. The molecule has 0 aliphatic heterocycles. The molecule has 0 amide bonds. The topological polar surface area (TPSA) is 187 Å². The van der Waals surface area contributed by atoms with Crippen LogP contribution in [0, 0.1) is 0 Å². The molecule has 4 aromatic rings. The van der Waals surface area contributed by atoms with Gasteiger partial charge in [0.2, 0.25) is 12.1 Å². The van der Waals surface area contributed by atoms with Gasteiger partial charge in [0, 0.05) is 18.5 Å². The van der Waals surface area contributed by atoms with Crippen LogP contribution >= 0.6 is 0 Å². The number of aromatic nitrogens is 6. The maximum absolute atomic E-state index is 14.4. The third-order valence-corrected chi connectivity index (χ3v) is 7.39. The van der Waals surface area contributed by atoms with E-state index in [1.54, 1.807) is 55.5 Å². The number of imidazole rings is 1. The third kappa shape index (κ3) is 9.60. The number of hydrogen-bond acceptors (Lipinski definition) is 12. The number of aromatic carboxylic acids is 1. The molecule has 15 nitrogen and oxygen atoms in total. The monoisotopic (exact) mass is 727 g/mol. The van der Waals surface area contributed by atoms with Gasteiger partial charge in [0.05, 0.1) is 18.6 Å². The minimum absolute atomic E-state index is 0.0347. The molecular weight excluding hydrogens is 693 g/mol. The summed E-state index contributed by atoms with van der Waals surface area (Å²) in [4.78, 5) is 33.1. The van der Waals surface area contributed by atoms with Gasteiger partial charge in [-0.25, -0.2) is 14.6 Å². The Morgan fingerprint density at radius 1 is 0.961 bits per heavy atom. The first kappa shape index (κ1) is 38.7. The molecule has 2 aromatic carbocycles. The molecule has 4 rings (SSSR count). The minimum Gasteiger partial charge on any atom is -0.477 e. The number of aryl methyl sites for hydroxylation is 1. The quantitative estimate of drug-likeness (QED) is 0.0469. The number of tetrazole rings is 1. The Morgan fingerprint density at radius 3 is 2.25 bits per heavy atom. The lowest BCUT2D eigenvalue weighted by Gasteiger charge is -2.18. The zero-order valence-corrected chi connectivity index (χ0v) is 27.3. The van der Waals surface area contributed by atoms with Crippen LogP contribution < -0.4 is 0 Å². The summed E-state index contributed by atoms with van der Waals surface area (Å²) < 4.78 is 79.5. The molecule has 0 aliphatic rings. The van der Waals surface area contributed by atoms with Crippen LogP contribution in [-0.2, 0) is 33.2 Å². The molecule has 0 fully saturated rings. The highest BCUT2D eigenvalue weighted by Crippen LogP contribution is 2.45. The van der Waals surface area contributed by atoms with Gasteiger partial charge in [0.25, 0.3) is 0 Å². The third-order valence-electron chi connectivity index (χ3n) is 7.39. The van der Waals surface area contributed by atoms with Crippen molar-refractivity contribution in [3.05, 3.63) is 71.3 Å². The lowest BCUT2D eigenvalue weighted by molar-refractivity contribution is -0.492. The van der Waals surface area contributed by atoms with Crippen LogP contribution in [0.15, 0.2) is 48.5 Å². The fraction of sp³-hybridized carbons (Fsp3) is 0.419. The van der Waals surface area contributed by atoms with Crippen molar-refractivity contribution in [2.75, 3.05) is 13.2 Å². The molecule has 0 radical (unpaired) electrons. The van der Waals surface area contributed by atoms with Crippen molar-refractivity contribution in [1.29, 1.82) is 0 Å². The first-order valence-corrected chi connectivity index (χ1v) is 15.5. The standard InChI is InChI=1S/C31H34F5N7O8/c1-3-9-24-37-26(30(32,33)31(34,35)36)25(28(44)45)41(24)18-20-12-14-21(15-13-20)22-10-5-6-11-23(22)27-38-40-42(39-27)19(2)51-29(46)49-16-7-4-8-17-50-43(47)48/h5-6,10-15,19,47-48H,3-4,7-9,16-18H2,1-2H3,(H,44,45). The van der Waals surface area contributed by atoms with Crippen LogP contribution in [0.1, 0.15) is 73.3 Å². The second-order valence-corrected chi connectivity index (χ2v) is 11.1. The molecule has 0 saturated carbocycles. The summed E-state index contributed by atoms with van der Waals surface area (Å²) in [5.74, 6) is -7.48. The molecule has 3 N–H and O–H groups in total. The molecule has 51 heavy (non-hydrogen) atoms. The summed E-state index contributed by atoms with van der Waals surface area (Å²) in [6.45, 7) is 2.93. The van der Waals surface area contributed by atoms with E-state index in [0.717, 1.165) is 9.36 Å². The molecule has 0 saturated heterocycles. The minimum atomic E-state index is -6.04.